The fourth-order valence-corrected chi connectivity index (χ4v) is 3.44. The average Bonchev–Trinajstić information content (AvgIpc) is 2.86. The van der Waals surface area contributed by atoms with Crippen molar-refractivity contribution in [1.82, 2.24) is 14.5 Å². The van der Waals surface area contributed by atoms with Crippen LogP contribution in [0.4, 0.5) is 13.2 Å². The molecule has 11 heteroatoms. The van der Waals surface area contributed by atoms with Crippen LogP contribution in [0.5, 0.6) is 17.4 Å². The van der Waals surface area contributed by atoms with E-state index in [1.165, 1.54) is 22.8 Å². The van der Waals surface area contributed by atoms with E-state index in [1.807, 2.05) is 12.1 Å². The molecule has 0 saturated heterocycles. The van der Waals surface area contributed by atoms with E-state index in [1.54, 1.807) is 36.8 Å². The van der Waals surface area contributed by atoms with Crippen LogP contribution in [0.3, 0.4) is 0 Å². The summed E-state index contributed by atoms with van der Waals surface area (Å²) in [4.78, 5) is 20.2. The number of nitrogens with zero attached hydrogens (tertiary/aromatic N) is 4. The second-order valence-electron chi connectivity index (χ2n) is 7.51. The molecule has 0 aliphatic carbocycles. The first-order chi connectivity index (χ1) is 17.2. The van der Waals surface area contributed by atoms with Crippen LogP contribution in [0.1, 0.15) is 22.3 Å². The highest BCUT2D eigenvalue weighted by Crippen LogP contribution is 2.38. The van der Waals surface area contributed by atoms with E-state index in [0.29, 0.717) is 12.1 Å². The van der Waals surface area contributed by atoms with Crippen LogP contribution in [0.2, 0.25) is 5.02 Å². The maximum absolute atomic E-state index is 13.1. The zero-order valence-electron chi connectivity index (χ0n) is 18.4. The van der Waals surface area contributed by atoms with Gasteiger partial charge in [-0.2, -0.15) is 23.4 Å². The van der Waals surface area contributed by atoms with Crippen LogP contribution < -0.4 is 15.2 Å². The van der Waals surface area contributed by atoms with Gasteiger partial charge in [0.05, 0.1) is 22.7 Å². The van der Waals surface area contributed by atoms with E-state index in [0.717, 1.165) is 17.7 Å². The minimum Gasteiger partial charge on any atom is -0.473 e. The monoisotopic (exact) mass is 512 g/mol. The molecule has 0 bridgehead atoms. The minimum absolute atomic E-state index is 0.00676. The Kier molecular flexibility index (Phi) is 7.22. The minimum atomic E-state index is -4.65. The smallest absolute Gasteiger partial charge is 0.417 e. The molecular weight excluding hydrogens is 497 g/mol. The Morgan fingerprint density at radius 2 is 1.92 bits per heavy atom. The second-order valence-corrected chi connectivity index (χ2v) is 7.92. The predicted molar refractivity (Wildman–Crippen MR) is 124 cm³/mol. The van der Waals surface area contributed by atoms with E-state index >= 15 is 0 Å². The van der Waals surface area contributed by atoms with E-state index in [9.17, 15) is 23.2 Å². The fraction of sp³-hybridized carbons (Fsp3) is 0.120. The van der Waals surface area contributed by atoms with Gasteiger partial charge in [-0.3, -0.25) is 9.55 Å². The van der Waals surface area contributed by atoms with Crippen molar-refractivity contribution in [3.8, 4) is 23.4 Å². The summed E-state index contributed by atoms with van der Waals surface area (Å²) >= 11 is 5.63. The second kappa shape index (κ2) is 10.5. The van der Waals surface area contributed by atoms with Crippen molar-refractivity contribution in [2.24, 2.45) is 0 Å². The molecule has 4 aromatic rings. The number of hydrogen-bond donors (Lipinski definition) is 0. The van der Waals surface area contributed by atoms with Crippen molar-refractivity contribution in [3.63, 3.8) is 0 Å². The molecule has 0 fully saturated rings. The lowest BCUT2D eigenvalue weighted by molar-refractivity contribution is -0.137. The molecule has 2 aromatic heterocycles. The molecular formula is C25H16ClF3N4O3. The number of ether oxygens (including phenoxy) is 2. The van der Waals surface area contributed by atoms with Gasteiger partial charge in [0.25, 0.3) is 0 Å². The molecule has 2 heterocycles. The van der Waals surface area contributed by atoms with Gasteiger partial charge in [-0.05, 0) is 47.5 Å². The summed E-state index contributed by atoms with van der Waals surface area (Å²) in [6.45, 7) is 0.304. The molecule has 182 valence electrons. The van der Waals surface area contributed by atoms with Crippen molar-refractivity contribution in [2.75, 3.05) is 0 Å². The van der Waals surface area contributed by atoms with Gasteiger partial charge in [0.15, 0.2) is 0 Å². The van der Waals surface area contributed by atoms with Crippen LogP contribution >= 0.6 is 11.6 Å². The Bertz CT molecular complexity index is 1480. The molecule has 0 aliphatic heterocycles. The van der Waals surface area contributed by atoms with Gasteiger partial charge >= 0.3 is 11.9 Å². The Morgan fingerprint density at radius 1 is 1.08 bits per heavy atom. The van der Waals surface area contributed by atoms with Crippen LogP contribution in [0, 0.1) is 11.3 Å². The highest BCUT2D eigenvalue weighted by molar-refractivity contribution is 6.31. The van der Waals surface area contributed by atoms with E-state index in [4.69, 9.17) is 21.1 Å². The highest BCUT2D eigenvalue weighted by Gasteiger charge is 2.33. The molecule has 2 aromatic carbocycles. The SMILES string of the molecule is N#Cc1cc(COc2ccn(Cc3cccnc3)c(=O)n2)ccc1Oc1ccc(Cl)c(C(F)(F)F)c1. The lowest BCUT2D eigenvalue weighted by Crippen LogP contribution is -2.23. The number of alkyl halides is 3. The topological polar surface area (TPSA) is 90.0 Å². The standard InChI is InChI=1S/C25H16ClF3N4O3/c26-21-5-4-19(11-20(21)25(27,28)29)36-22-6-3-16(10-18(22)12-30)15-35-23-7-9-33(24(34)32-23)14-17-2-1-8-31-13-17/h1-11,13H,14-15H2. The fourth-order valence-electron chi connectivity index (χ4n) is 3.21. The molecule has 4 rings (SSSR count). The third kappa shape index (κ3) is 6.00. The third-order valence-electron chi connectivity index (χ3n) is 4.95. The zero-order valence-corrected chi connectivity index (χ0v) is 19.1. The molecule has 0 saturated carbocycles. The van der Waals surface area contributed by atoms with Crippen LogP contribution in [-0.4, -0.2) is 14.5 Å². The number of rotatable bonds is 7. The molecule has 0 unspecified atom stereocenters. The van der Waals surface area contributed by atoms with Gasteiger partial charge in [0.1, 0.15) is 24.2 Å². The number of pyridine rings is 1. The molecule has 0 amide bonds. The first kappa shape index (κ1) is 24.8. The number of aromatic nitrogens is 3. The first-order valence-electron chi connectivity index (χ1n) is 10.4. The molecule has 0 atom stereocenters. The van der Waals surface area contributed by atoms with Crippen molar-refractivity contribution in [2.45, 2.75) is 19.3 Å². The van der Waals surface area contributed by atoms with Crippen LogP contribution in [0.15, 0.2) is 78.0 Å². The summed E-state index contributed by atoms with van der Waals surface area (Å²) in [7, 11) is 0. The Morgan fingerprint density at radius 3 is 2.61 bits per heavy atom. The van der Waals surface area contributed by atoms with Gasteiger partial charge < -0.3 is 9.47 Å². The largest absolute Gasteiger partial charge is 0.473 e. The van der Waals surface area contributed by atoms with E-state index in [2.05, 4.69) is 9.97 Å². The maximum Gasteiger partial charge on any atom is 0.417 e. The van der Waals surface area contributed by atoms with Crippen molar-refractivity contribution in [3.05, 3.63) is 111 Å². The van der Waals surface area contributed by atoms with Crippen LogP contribution in [0.25, 0.3) is 0 Å². The number of hydrogen-bond acceptors (Lipinski definition) is 6. The van der Waals surface area contributed by atoms with Gasteiger partial charge in [0, 0.05) is 24.7 Å². The number of halogens is 4. The van der Waals surface area contributed by atoms with E-state index in [-0.39, 0.29) is 29.5 Å². The Hall–Kier alpha value is -4.36. The summed E-state index contributed by atoms with van der Waals surface area (Å²) in [5.41, 5.74) is -0.0551. The summed E-state index contributed by atoms with van der Waals surface area (Å²) in [6.07, 6.45) is 0.193. The van der Waals surface area contributed by atoms with Crippen LogP contribution in [-0.2, 0) is 19.3 Å². The Balaban J connectivity index is 1.45. The predicted octanol–water partition coefficient (Wildman–Crippen LogP) is 5.60. The van der Waals surface area contributed by atoms with Gasteiger partial charge in [-0.25, -0.2) is 4.79 Å². The summed E-state index contributed by atoms with van der Waals surface area (Å²) in [6, 6.07) is 14.7. The summed E-state index contributed by atoms with van der Waals surface area (Å²) in [5, 5.41) is 9.03. The molecule has 7 nitrogen and oxygen atoms in total. The zero-order chi connectivity index (χ0) is 25.7. The lowest BCUT2D eigenvalue weighted by Gasteiger charge is -2.13. The van der Waals surface area contributed by atoms with Crippen molar-refractivity contribution >= 4 is 11.6 Å². The first-order valence-corrected chi connectivity index (χ1v) is 10.8. The van der Waals surface area contributed by atoms with Gasteiger partial charge in [-0.1, -0.05) is 23.7 Å². The maximum atomic E-state index is 13.1. The van der Waals surface area contributed by atoms with Crippen molar-refractivity contribution < 1.29 is 22.6 Å². The number of benzene rings is 2. The lowest BCUT2D eigenvalue weighted by atomic mass is 10.1. The normalized spacial score (nSPS) is 11.1. The number of nitriles is 1. The van der Waals surface area contributed by atoms with Gasteiger partial charge in [0.2, 0.25) is 5.88 Å². The molecule has 0 spiro atoms. The summed E-state index contributed by atoms with van der Waals surface area (Å²) in [5.74, 6) is 0.0400. The molecule has 36 heavy (non-hydrogen) atoms. The van der Waals surface area contributed by atoms with Gasteiger partial charge in [-0.15, -0.1) is 0 Å². The third-order valence-corrected chi connectivity index (χ3v) is 5.28. The molecule has 0 radical (unpaired) electrons. The highest BCUT2D eigenvalue weighted by atomic mass is 35.5. The summed E-state index contributed by atoms with van der Waals surface area (Å²) < 4.78 is 51.8. The average molecular weight is 513 g/mol. The quantitative estimate of drug-likeness (QED) is 0.320. The molecule has 0 N–H and O–H groups in total. The van der Waals surface area contributed by atoms with Crippen molar-refractivity contribution in [1.29, 1.82) is 5.26 Å². The Labute approximate surface area is 208 Å². The molecule has 0 aliphatic rings. The van der Waals surface area contributed by atoms with E-state index < -0.39 is 22.5 Å².